The molecule has 0 saturated heterocycles. The van der Waals surface area contributed by atoms with Crippen molar-refractivity contribution in [2.75, 3.05) is 0 Å². The number of hydrogen-bond acceptors (Lipinski definition) is 1. The molecular weight excluding hydrogens is 913 g/mol. The molecule has 3 nitrogen and oxygen atoms in total. The van der Waals surface area contributed by atoms with Gasteiger partial charge in [0.15, 0.2) is 0 Å². The maximum atomic E-state index is 14.9. The summed E-state index contributed by atoms with van der Waals surface area (Å²) in [4.78, 5) is 0. The van der Waals surface area contributed by atoms with Crippen LogP contribution in [0.4, 0.5) is 26.3 Å². The molecule has 0 aliphatic rings. The molecule has 0 N–H and O–H groups in total. The van der Waals surface area contributed by atoms with Gasteiger partial charge >= 0.3 is 12.4 Å². The molecule has 0 atom stereocenters. The van der Waals surface area contributed by atoms with Gasteiger partial charge in [0.2, 0.25) is 0 Å². The van der Waals surface area contributed by atoms with Crippen molar-refractivity contribution in [2.24, 2.45) is 0 Å². The van der Waals surface area contributed by atoms with E-state index in [-0.39, 0.29) is 34.1 Å². The minimum Gasteiger partial charge on any atom is -0.309 e. The van der Waals surface area contributed by atoms with Gasteiger partial charge in [-0.2, -0.15) is 31.6 Å². The Morgan fingerprint density at radius 1 is 0.306 bits per heavy atom. The van der Waals surface area contributed by atoms with Crippen LogP contribution in [-0.2, 0) is 12.4 Å². The monoisotopic (exact) mass is 949 g/mol. The van der Waals surface area contributed by atoms with Gasteiger partial charge in [0.1, 0.15) is 6.07 Å². The van der Waals surface area contributed by atoms with Crippen molar-refractivity contribution in [3.63, 3.8) is 0 Å². The predicted molar refractivity (Wildman–Crippen MR) is 277 cm³/mol. The van der Waals surface area contributed by atoms with E-state index in [4.69, 9.17) is 0 Å². The zero-order chi connectivity index (χ0) is 49.3. The van der Waals surface area contributed by atoms with Crippen LogP contribution in [0.5, 0.6) is 0 Å². The topological polar surface area (TPSA) is 33.6 Å². The van der Waals surface area contributed by atoms with Crippen LogP contribution in [0, 0.1) is 11.3 Å². The second kappa shape index (κ2) is 17.1. The number of nitriles is 1. The van der Waals surface area contributed by atoms with Crippen LogP contribution in [0.25, 0.3) is 111 Å². The van der Waals surface area contributed by atoms with Crippen LogP contribution in [0.1, 0.15) is 16.7 Å². The van der Waals surface area contributed by atoms with Gasteiger partial charge in [0.25, 0.3) is 0 Å². The summed E-state index contributed by atoms with van der Waals surface area (Å²) >= 11 is 0. The van der Waals surface area contributed by atoms with Crippen molar-refractivity contribution in [1.29, 1.82) is 5.26 Å². The molecule has 10 aromatic carbocycles. The summed E-state index contributed by atoms with van der Waals surface area (Å²) in [6.07, 6.45) is -10.3. The van der Waals surface area contributed by atoms with Gasteiger partial charge in [-0.3, -0.25) is 0 Å². The maximum absolute atomic E-state index is 14.9. The third-order valence-electron chi connectivity index (χ3n) is 13.6. The van der Waals surface area contributed by atoms with Crippen molar-refractivity contribution in [3.05, 3.63) is 241 Å². The van der Waals surface area contributed by atoms with Gasteiger partial charge in [0, 0.05) is 27.1 Å². The first-order chi connectivity index (χ1) is 34.9. The molecule has 346 valence electrons. The Balaban J connectivity index is 1.19. The summed E-state index contributed by atoms with van der Waals surface area (Å²) in [6.45, 7) is 0. The predicted octanol–water partition coefficient (Wildman–Crippen LogP) is 18.1. The van der Waals surface area contributed by atoms with E-state index in [0.29, 0.717) is 22.1 Å². The average molecular weight is 950 g/mol. The van der Waals surface area contributed by atoms with Gasteiger partial charge in [0.05, 0.1) is 50.1 Å². The highest BCUT2D eigenvalue weighted by Gasteiger charge is 2.37. The molecule has 0 fully saturated rings. The molecule has 0 bridgehead atoms. The molecular formula is C63H37F6N3. The number of benzene rings is 10. The molecule has 0 spiro atoms. The number of fused-ring (bicyclic) bond motifs is 6. The molecule has 0 aliphatic carbocycles. The minimum absolute atomic E-state index is 0.0514. The lowest BCUT2D eigenvalue weighted by Gasteiger charge is -2.21. The number of rotatable bonds is 7. The summed E-state index contributed by atoms with van der Waals surface area (Å²) in [7, 11) is 0. The van der Waals surface area contributed by atoms with Gasteiger partial charge in [-0.05, 0) is 129 Å². The number of halogens is 6. The quantitative estimate of drug-likeness (QED) is 0.147. The van der Waals surface area contributed by atoms with Gasteiger partial charge in [-0.25, -0.2) is 0 Å². The maximum Gasteiger partial charge on any atom is 0.416 e. The minimum atomic E-state index is -5.13. The Labute approximate surface area is 409 Å². The molecule has 2 heterocycles. The molecule has 0 amide bonds. The van der Waals surface area contributed by atoms with Crippen molar-refractivity contribution in [2.45, 2.75) is 12.4 Å². The average Bonchev–Trinajstić information content (AvgIpc) is 3.92. The Morgan fingerprint density at radius 3 is 0.931 bits per heavy atom. The second-order valence-electron chi connectivity index (χ2n) is 17.9. The van der Waals surface area contributed by atoms with Gasteiger partial charge < -0.3 is 9.13 Å². The summed E-state index contributed by atoms with van der Waals surface area (Å²) in [5, 5.41) is 14.6. The highest BCUT2D eigenvalue weighted by atomic mass is 19.4. The van der Waals surface area contributed by atoms with E-state index in [1.54, 1.807) is 12.1 Å². The van der Waals surface area contributed by atoms with E-state index in [1.807, 2.05) is 179 Å². The molecule has 12 rings (SSSR count). The fourth-order valence-corrected chi connectivity index (χ4v) is 10.2. The fourth-order valence-electron chi connectivity index (χ4n) is 10.2. The zero-order valence-corrected chi connectivity index (χ0v) is 38.0. The Morgan fingerprint density at radius 2 is 0.625 bits per heavy atom. The standard InChI is InChI=1S/C63H37F6N3/c64-62(65,66)49-29-47(30-50(36-49)63(67,68)69)51-37-60(71-56-25-21-43(39-13-5-1-6-14-39)31-52(56)53-32-44(22-26-57(53)71)40-15-7-2-8-16-40)48(38-70)35-61(51)72-58-27-23-45(41-17-9-3-10-18-41)33-54(58)55-34-46(24-28-59(55)72)42-19-11-4-12-20-42/h1-37H. The first-order valence-corrected chi connectivity index (χ1v) is 23.2. The number of hydrogen-bond donors (Lipinski definition) is 0. The van der Waals surface area contributed by atoms with E-state index in [1.165, 1.54) is 0 Å². The molecule has 12 aromatic rings. The summed E-state index contributed by atoms with van der Waals surface area (Å²) in [6, 6.07) is 70.5. The van der Waals surface area contributed by atoms with Crippen LogP contribution >= 0.6 is 0 Å². The first-order valence-electron chi connectivity index (χ1n) is 23.2. The molecule has 0 saturated carbocycles. The lowest BCUT2D eigenvalue weighted by molar-refractivity contribution is -0.143. The molecule has 0 radical (unpaired) electrons. The Hall–Kier alpha value is -9.13. The van der Waals surface area contributed by atoms with E-state index in [2.05, 4.69) is 30.3 Å². The van der Waals surface area contributed by atoms with Crippen LogP contribution in [0.15, 0.2) is 224 Å². The van der Waals surface area contributed by atoms with Gasteiger partial charge in [-0.1, -0.05) is 146 Å². The number of aromatic nitrogens is 2. The first kappa shape index (κ1) is 44.1. The van der Waals surface area contributed by atoms with Crippen LogP contribution in [-0.4, -0.2) is 9.13 Å². The summed E-state index contributed by atoms with van der Waals surface area (Å²) in [5.74, 6) is 0. The molecule has 0 unspecified atom stereocenters. The second-order valence-corrected chi connectivity index (χ2v) is 17.9. The molecule has 2 aromatic heterocycles. The normalized spacial score (nSPS) is 12.0. The Bertz CT molecular complexity index is 3880. The third-order valence-corrected chi connectivity index (χ3v) is 13.6. The van der Waals surface area contributed by atoms with Crippen molar-refractivity contribution in [1.82, 2.24) is 9.13 Å². The zero-order valence-electron chi connectivity index (χ0n) is 38.0. The van der Waals surface area contributed by atoms with Crippen molar-refractivity contribution < 1.29 is 26.3 Å². The largest absolute Gasteiger partial charge is 0.416 e. The smallest absolute Gasteiger partial charge is 0.309 e. The number of alkyl halides is 6. The third kappa shape index (κ3) is 7.65. The molecule has 0 aliphatic heterocycles. The summed E-state index contributed by atoms with van der Waals surface area (Å²) in [5.41, 5.74) is 7.66. The highest BCUT2D eigenvalue weighted by molar-refractivity contribution is 6.14. The number of nitrogens with zero attached hydrogens (tertiary/aromatic N) is 3. The van der Waals surface area contributed by atoms with Crippen LogP contribution in [0.2, 0.25) is 0 Å². The lowest BCUT2D eigenvalue weighted by Crippen LogP contribution is -2.11. The Kier molecular flexibility index (Phi) is 10.5. The van der Waals surface area contributed by atoms with Gasteiger partial charge in [-0.15, -0.1) is 0 Å². The van der Waals surface area contributed by atoms with E-state index in [0.717, 1.165) is 78.2 Å². The molecule has 9 heteroatoms. The van der Waals surface area contributed by atoms with E-state index in [9.17, 15) is 31.6 Å². The van der Waals surface area contributed by atoms with E-state index < -0.39 is 23.5 Å². The molecule has 72 heavy (non-hydrogen) atoms. The van der Waals surface area contributed by atoms with Crippen LogP contribution in [0.3, 0.4) is 0 Å². The lowest BCUT2D eigenvalue weighted by atomic mass is 9.95. The van der Waals surface area contributed by atoms with Crippen molar-refractivity contribution in [3.8, 4) is 73.1 Å². The highest BCUT2D eigenvalue weighted by Crippen LogP contribution is 2.46. The van der Waals surface area contributed by atoms with Crippen LogP contribution < -0.4 is 0 Å². The SMILES string of the molecule is N#Cc1cc(-n2c3ccc(-c4ccccc4)cc3c3cc(-c4ccccc4)ccc32)c(-c2cc(C(F)(F)F)cc(C(F)(F)F)c2)cc1-n1c2ccc(-c3ccccc3)cc2c2cc(-c3ccccc3)ccc21. The fraction of sp³-hybridized carbons (Fsp3) is 0.0317. The van der Waals surface area contributed by atoms with Crippen molar-refractivity contribution >= 4 is 43.6 Å². The van der Waals surface area contributed by atoms with E-state index >= 15 is 0 Å². The summed E-state index contributed by atoms with van der Waals surface area (Å²) < 4.78 is 92.9.